The van der Waals surface area contributed by atoms with E-state index in [1.807, 2.05) is 24.3 Å². The summed E-state index contributed by atoms with van der Waals surface area (Å²) in [4.78, 5) is 0.652. The maximum Gasteiger partial charge on any atom is 0.175 e. The second-order valence-electron chi connectivity index (χ2n) is 2.64. The highest BCUT2D eigenvalue weighted by molar-refractivity contribution is 9.10. The number of nitrogens with one attached hydrogen (secondary N) is 2. The summed E-state index contributed by atoms with van der Waals surface area (Å²) in [6.45, 7) is 1.78. The van der Waals surface area contributed by atoms with Crippen molar-refractivity contribution in [3.8, 4) is 0 Å². The van der Waals surface area contributed by atoms with Gasteiger partial charge in [-0.15, -0.1) is 0 Å². The van der Waals surface area contributed by atoms with E-state index in [9.17, 15) is 0 Å². The Morgan fingerprint density at radius 3 is 2.29 bits per heavy atom. The quantitative estimate of drug-likeness (QED) is 0.776. The zero-order valence-electron chi connectivity index (χ0n) is 7.50. The molecule has 1 rings (SSSR count). The molecule has 0 atom stereocenters. The van der Waals surface area contributed by atoms with Crippen LogP contribution in [0.2, 0.25) is 0 Å². The van der Waals surface area contributed by atoms with Crippen molar-refractivity contribution < 1.29 is 0 Å². The Labute approximate surface area is 102 Å². The summed E-state index contributed by atoms with van der Waals surface area (Å²) in [6.07, 6.45) is 0. The van der Waals surface area contributed by atoms with Gasteiger partial charge in [-0.1, -0.05) is 28.1 Å². The molecular formula is C9H9BrN2S2. The van der Waals surface area contributed by atoms with Crippen LogP contribution in [-0.2, 0) is 0 Å². The predicted molar refractivity (Wildman–Crippen MR) is 71.8 cm³/mol. The minimum Gasteiger partial charge on any atom is -0.332 e. The number of anilines is 1. The van der Waals surface area contributed by atoms with E-state index in [2.05, 4.69) is 26.6 Å². The number of halogens is 1. The van der Waals surface area contributed by atoms with Crippen LogP contribution in [-0.4, -0.2) is 10.1 Å². The predicted octanol–water partition coefficient (Wildman–Crippen LogP) is 3.08. The molecule has 0 radical (unpaired) electrons. The SMILES string of the molecule is CC(=S)NC(=S)Nc1ccc(Br)cc1. The van der Waals surface area contributed by atoms with E-state index < -0.39 is 0 Å². The summed E-state index contributed by atoms with van der Waals surface area (Å²) < 4.78 is 1.04. The van der Waals surface area contributed by atoms with E-state index in [1.54, 1.807) is 6.92 Å². The molecule has 0 unspecified atom stereocenters. The molecule has 0 aliphatic rings. The molecule has 1 aromatic carbocycles. The lowest BCUT2D eigenvalue weighted by molar-refractivity contribution is 1.40. The van der Waals surface area contributed by atoms with Gasteiger partial charge < -0.3 is 10.6 Å². The normalized spacial score (nSPS) is 9.29. The number of thiocarbonyl (C=S) groups is 2. The molecule has 14 heavy (non-hydrogen) atoms. The van der Waals surface area contributed by atoms with Crippen molar-refractivity contribution >= 4 is 56.2 Å². The Hall–Kier alpha value is -0.520. The summed E-state index contributed by atoms with van der Waals surface area (Å²) in [7, 11) is 0. The van der Waals surface area contributed by atoms with Crippen LogP contribution in [0.3, 0.4) is 0 Å². The molecule has 2 N–H and O–H groups in total. The molecule has 0 heterocycles. The fraction of sp³-hybridized carbons (Fsp3) is 0.111. The Morgan fingerprint density at radius 1 is 1.21 bits per heavy atom. The number of hydrogen-bond acceptors (Lipinski definition) is 2. The van der Waals surface area contributed by atoms with Crippen molar-refractivity contribution in [2.24, 2.45) is 0 Å². The first-order valence-corrected chi connectivity index (χ1v) is 5.53. The van der Waals surface area contributed by atoms with E-state index in [0.29, 0.717) is 10.1 Å². The first-order chi connectivity index (χ1) is 6.58. The van der Waals surface area contributed by atoms with E-state index in [4.69, 9.17) is 24.4 Å². The first kappa shape index (κ1) is 11.6. The Bertz CT molecular complexity index is 348. The molecule has 0 aliphatic heterocycles. The van der Waals surface area contributed by atoms with Crippen LogP contribution in [0.4, 0.5) is 5.69 Å². The maximum atomic E-state index is 5.02. The fourth-order valence-electron chi connectivity index (χ4n) is 0.855. The second kappa shape index (κ2) is 5.38. The molecule has 0 spiro atoms. The van der Waals surface area contributed by atoms with Gasteiger partial charge in [0.15, 0.2) is 5.11 Å². The van der Waals surface area contributed by atoms with E-state index in [1.165, 1.54) is 0 Å². The molecule has 0 saturated heterocycles. The van der Waals surface area contributed by atoms with Gasteiger partial charge in [-0.3, -0.25) is 0 Å². The van der Waals surface area contributed by atoms with E-state index in [-0.39, 0.29) is 0 Å². The van der Waals surface area contributed by atoms with Crippen molar-refractivity contribution in [2.75, 3.05) is 5.32 Å². The maximum absolute atomic E-state index is 5.02. The van der Waals surface area contributed by atoms with Crippen molar-refractivity contribution in [1.82, 2.24) is 5.32 Å². The van der Waals surface area contributed by atoms with Gasteiger partial charge in [-0.2, -0.15) is 0 Å². The third-order valence-electron chi connectivity index (χ3n) is 1.39. The number of benzene rings is 1. The molecule has 0 bridgehead atoms. The van der Waals surface area contributed by atoms with Crippen LogP contribution >= 0.6 is 40.4 Å². The van der Waals surface area contributed by atoms with Crippen LogP contribution < -0.4 is 10.6 Å². The van der Waals surface area contributed by atoms with Gasteiger partial charge in [-0.05, 0) is 43.4 Å². The molecule has 0 amide bonds. The highest BCUT2D eigenvalue weighted by atomic mass is 79.9. The van der Waals surface area contributed by atoms with Gasteiger partial charge in [0, 0.05) is 10.2 Å². The van der Waals surface area contributed by atoms with Crippen molar-refractivity contribution in [3.63, 3.8) is 0 Å². The Balaban J connectivity index is 2.56. The highest BCUT2D eigenvalue weighted by Gasteiger charge is 1.96. The third kappa shape index (κ3) is 4.13. The highest BCUT2D eigenvalue weighted by Crippen LogP contribution is 2.13. The summed E-state index contributed by atoms with van der Waals surface area (Å²) in [5.74, 6) is 0. The fourth-order valence-corrected chi connectivity index (χ4v) is 1.56. The van der Waals surface area contributed by atoms with Gasteiger partial charge in [-0.25, -0.2) is 0 Å². The lowest BCUT2D eigenvalue weighted by atomic mass is 10.3. The average Bonchev–Trinajstić information content (AvgIpc) is 2.07. The molecule has 0 aliphatic carbocycles. The van der Waals surface area contributed by atoms with Crippen LogP contribution in [0.1, 0.15) is 6.92 Å². The molecular weight excluding hydrogens is 280 g/mol. The smallest absolute Gasteiger partial charge is 0.175 e. The van der Waals surface area contributed by atoms with Gasteiger partial charge in [0.25, 0.3) is 0 Å². The summed E-state index contributed by atoms with van der Waals surface area (Å²) in [6, 6.07) is 7.73. The zero-order chi connectivity index (χ0) is 10.6. The third-order valence-corrected chi connectivity index (χ3v) is 2.23. The largest absolute Gasteiger partial charge is 0.332 e. The lowest BCUT2D eigenvalue weighted by Gasteiger charge is -2.08. The zero-order valence-corrected chi connectivity index (χ0v) is 10.7. The second-order valence-corrected chi connectivity index (χ2v) is 4.58. The molecule has 1 aromatic rings. The van der Waals surface area contributed by atoms with E-state index >= 15 is 0 Å². The molecule has 0 saturated carbocycles. The Morgan fingerprint density at radius 2 is 1.79 bits per heavy atom. The van der Waals surface area contributed by atoms with Gasteiger partial charge in [0.1, 0.15) is 0 Å². The van der Waals surface area contributed by atoms with Crippen molar-refractivity contribution in [2.45, 2.75) is 6.92 Å². The van der Waals surface area contributed by atoms with Crippen LogP contribution in [0.15, 0.2) is 28.7 Å². The summed E-state index contributed by atoms with van der Waals surface area (Å²) >= 11 is 13.2. The van der Waals surface area contributed by atoms with Gasteiger partial charge in [0.05, 0.1) is 4.99 Å². The minimum atomic E-state index is 0.514. The first-order valence-electron chi connectivity index (χ1n) is 3.92. The molecule has 74 valence electrons. The van der Waals surface area contributed by atoms with Crippen molar-refractivity contribution in [1.29, 1.82) is 0 Å². The lowest BCUT2D eigenvalue weighted by Crippen LogP contribution is -2.31. The molecule has 0 fully saturated rings. The van der Waals surface area contributed by atoms with Gasteiger partial charge >= 0.3 is 0 Å². The molecule has 2 nitrogen and oxygen atoms in total. The topological polar surface area (TPSA) is 24.1 Å². The minimum absolute atomic E-state index is 0.514. The van der Waals surface area contributed by atoms with E-state index in [0.717, 1.165) is 10.2 Å². The Kier molecular flexibility index (Phi) is 4.44. The van der Waals surface area contributed by atoms with Crippen LogP contribution in [0.25, 0.3) is 0 Å². The standard InChI is InChI=1S/C9H9BrN2S2/c1-6(13)11-9(14)12-8-4-2-7(10)3-5-8/h2-5H,1H3,(H2,11,12,13,14). The summed E-state index contributed by atoms with van der Waals surface area (Å²) in [5.41, 5.74) is 0.932. The van der Waals surface area contributed by atoms with Crippen molar-refractivity contribution in [3.05, 3.63) is 28.7 Å². The van der Waals surface area contributed by atoms with Gasteiger partial charge in [0.2, 0.25) is 0 Å². The monoisotopic (exact) mass is 288 g/mol. The summed E-state index contributed by atoms with van der Waals surface area (Å²) in [5, 5.41) is 6.37. The number of rotatable bonds is 1. The number of hydrogen-bond donors (Lipinski definition) is 2. The van der Waals surface area contributed by atoms with Crippen LogP contribution in [0.5, 0.6) is 0 Å². The average molecular weight is 289 g/mol. The molecule has 0 aromatic heterocycles. The van der Waals surface area contributed by atoms with Crippen LogP contribution in [0, 0.1) is 0 Å². The molecule has 5 heteroatoms.